The van der Waals surface area contributed by atoms with Crippen molar-refractivity contribution in [3.8, 4) is 0 Å². The molecule has 0 atom stereocenters. The van der Waals surface area contributed by atoms with Crippen molar-refractivity contribution in [3.63, 3.8) is 0 Å². The molecule has 0 aliphatic rings. The molecule has 0 unspecified atom stereocenters. The Morgan fingerprint density at radius 2 is 0.900 bits per heavy atom. The van der Waals surface area contributed by atoms with Gasteiger partial charge in [-0.25, -0.2) is 0 Å². The van der Waals surface area contributed by atoms with Crippen molar-refractivity contribution in [2.45, 2.75) is 19.3 Å². The van der Waals surface area contributed by atoms with Gasteiger partial charge in [0.05, 0.1) is 25.2 Å². The highest BCUT2D eigenvalue weighted by Crippen LogP contribution is 1.98. The van der Waals surface area contributed by atoms with Gasteiger partial charge in [0.15, 0.2) is 0 Å². The molecule has 0 radical (unpaired) electrons. The van der Waals surface area contributed by atoms with Gasteiger partial charge in [0.25, 0.3) is 0 Å². The first-order valence-electron chi connectivity index (χ1n) is 6.14. The van der Waals surface area contributed by atoms with E-state index >= 15 is 0 Å². The minimum absolute atomic E-state index is 0.0289. The molecule has 20 heavy (non-hydrogen) atoms. The molecule has 0 amide bonds. The minimum Gasteiger partial charge on any atom is -0.402 e. The van der Waals surface area contributed by atoms with Gasteiger partial charge in [-0.1, -0.05) is 0 Å². The fourth-order valence-corrected chi connectivity index (χ4v) is 0.723. The Balaban J connectivity index is 0. The van der Waals surface area contributed by atoms with Crippen molar-refractivity contribution in [2.75, 3.05) is 39.6 Å². The molecule has 0 bridgehead atoms. The highest BCUT2D eigenvalue weighted by Gasteiger charge is 2.06. The monoisotopic (exact) mass is 301 g/mol. The van der Waals surface area contributed by atoms with Crippen molar-refractivity contribution in [1.82, 2.24) is 5.39 Å². The first-order valence-corrected chi connectivity index (χ1v) is 6.14. The number of aliphatic hydroxyl groups is 3. The quantitative estimate of drug-likeness (QED) is 0.126. The van der Waals surface area contributed by atoms with Gasteiger partial charge in [0.1, 0.15) is 0 Å². The van der Waals surface area contributed by atoms with E-state index in [2.05, 4.69) is 0 Å². The summed E-state index contributed by atoms with van der Waals surface area (Å²) in [6, 6.07) is 0. The molecule has 0 fully saturated rings. The summed E-state index contributed by atoms with van der Waals surface area (Å²) in [7, 11) is -2.17. The van der Waals surface area contributed by atoms with Crippen molar-refractivity contribution in [3.05, 3.63) is 0 Å². The lowest BCUT2D eigenvalue weighted by atomic mass is 10.3. The lowest BCUT2D eigenvalue weighted by molar-refractivity contribution is -0.526. The van der Waals surface area contributed by atoms with E-state index in [0.717, 1.165) is 5.39 Å². The number of hydrogen-bond donors (Lipinski definition) is 6. The van der Waals surface area contributed by atoms with E-state index in [1.807, 2.05) is 0 Å². The van der Waals surface area contributed by atoms with Crippen LogP contribution in [-0.4, -0.2) is 82.7 Å². The molecule has 0 aliphatic carbocycles. The first kappa shape index (κ1) is 22.0. The number of hydrogen-bond acceptors (Lipinski definition) is 10. The lowest BCUT2D eigenvalue weighted by Gasteiger charge is -2.19. The molecule has 0 heterocycles. The van der Waals surface area contributed by atoms with E-state index in [1.165, 1.54) is 0 Å². The maximum Gasteiger partial charge on any atom is 0.631 e. The molecule has 11 heteroatoms. The standard InChI is InChI=1S/C9H21NO6.BH3O3/c11-4-1-7-14-10(15-8-2-5-12)16-9-3-6-13;2-1(3)4/h11-13H,1-9H2;2-4H. The van der Waals surface area contributed by atoms with Crippen molar-refractivity contribution < 1.29 is 44.9 Å². The predicted molar refractivity (Wildman–Crippen MR) is 67.2 cm³/mol. The lowest BCUT2D eigenvalue weighted by Crippen LogP contribution is -2.27. The van der Waals surface area contributed by atoms with Crippen LogP contribution in [0.15, 0.2) is 0 Å². The smallest absolute Gasteiger partial charge is 0.402 e. The largest absolute Gasteiger partial charge is 0.631 e. The summed E-state index contributed by atoms with van der Waals surface area (Å²) in [5, 5.41) is 48.0. The van der Waals surface area contributed by atoms with Crippen LogP contribution in [0.5, 0.6) is 0 Å². The van der Waals surface area contributed by atoms with Gasteiger partial charge < -0.3 is 30.4 Å². The summed E-state index contributed by atoms with van der Waals surface area (Å²) in [5.74, 6) is 0. The van der Waals surface area contributed by atoms with E-state index in [-0.39, 0.29) is 39.6 Å². The molecule has 6 N–H and O–H groups in total. The van der Waals surface area contributed by atoms with Gasteiger partial charge in [-0.3, -0.25) is 14.5 Å². The van der Waals surface area contributed by atoms with Crippen LogP contribution in [0.4, 0.5) is 0 Å². The minimum atomic E-state index is -2.17. The van der Waals surface area contributed by atoms with Crippen LogP contribution >= 0.6 is 0 Å². The fourth-order valence-electron chi connectivity index (χ4n) is 0.723. The highest BCUT2D eigenvalue weighted by atomic mass is 17.2. The van der Waals surface area contributed by atoms with Crippen LogP contribution in [0.1, 0.15) is 19.3 Å². The Hall–Kier alpha value is -0.335. The zero-order valence-corrected chi connectivity index (χ0v) is 11.3. The van der Waals surface area contributed by atoms with Crippen molar-refractivity contribution in [2.24, 2.45) is 0 Å². The normalized spacial score (nSPS) is 10.3. The third kappa shape index (κ3) is 22.8. The topological polar surface area (TPSA) is 152 Å². The van der Waals surface area contributed by atoms with Crippen LogP contribution in [0.2, 0.25) is 0 Å². The van der Waals surface area contributed by atoms with Gasteiger partial charge in [-0.05, 0) is 19.3 Å². The summed E-state index contributed by atoms with van der Waals surface area (Å²) in [5.41, 5.74) is 0. The second-order valence-electron chi connectivity index (χ2n) is 3.30. The molecule has 0 spiro atoms. The number of rotatable bonds is 12. The second-order valence-corrected chi connectivity index (χ2v) is 3.30. The summed E-state index contributed by atoms with van der Waals surface area (Å²) in [6.45, 7) is 0.904. The average molecular weight is 301 g/mol. The number of nitrogens with zero attached hydrogens (tertiary/aromatic N) is 1. The Morgan fingerprint density at radius 3 is 1.10 bits per heavy atom. The molecule has 0 aromatic rings. The van der Waals surface area contributed by atoms with Crippen LogP contribution in [0.3, 0.4) is 0 Å². The molecule has 0 saturated heterocycles. The highest BCUT2D eigenvalue weighted by molar-refractivity contribution is 6.30. The maximum atomic E-state index is 8.56. The zero-order chi connectivity index (χ0) is 15.6. The fraction of sp³-hybridized carbons (Fsp3) is 1.00. The molecule has 0 aliphatic heterocycles. The Labute approximate surface area is 117 Å². The molecule has 0 aromatic carbocycles. The van der Waals surface area contributed by atoms with E-state index < -0.39 is 7.32 Å². The van der Waals surface area contributed by atoms with E-state index in [4.69, 9.17) is 44.9 Å². The molecule has 0 aromatic heterocycles. The third-order valence-electron chi connectivity index (χ3n) is 1.50. The van der Waals surface area contributed by atoms with Gasteiger partial charge in [0, 0.05) is 19.8 Å². The third-order valence-corrected chi connectivity index (χ3v) is 1.50. The van der Waals surface area contributed by atoms with Gasteiger partial charge in [-0.15, -0.1) is 0 Å². The summed E-state index contributed by atoms with van der Waals surface area (Å²) >= 11 is 0. The van der Waals surface area contributed by atoms with E-state index in [0.29, 0.717) is 19.3 Å². The van der Waals surface area contributed by atoms with Gasteiger partial charge in [0.2, 0.25) is 0 Å². The van der Waals surface area contributed by atoms with Crippen LogP contribution in [-0.2, 0) is 14.5 Å². The Kier molecular flexibility index (Phi) is 20.5. The molecular formula is C9H24BNO9. The molecule has 0 saturated carbocycles. The molecular weight excluding hydrogens is 277 g/mol. The van der Waals surface area contributed by atoms with Crippen LogP contribution in [0.25, 0.3) is 0 Å². The zero-order valence-electron chi connectivity index (χ0n) is 11.3. The second kappa shape index (κ2) is 18.7. The van der Waals surface area contributed by atoms with Crippen molar-refractivity contribution >= 4 is 7.32 Å². The molecule has 122 valence electrons. The average Bonchev–Trinajstić information content (AvgIpc) is 2.38. The maximum absolute atomic E-state index is 8.56. The Bertz CT molecular complexity index is 151. The SMILES string of the molecule is OB(O)O.OCCCON(OCCCO)OCCCO. The molecule has 0 rings (SSSR count). The predicted octanol–water partition coefficient (Wildman–Crippen LogP) is -2.82. The summed E-state index contributed by atoms with van der Waals surface area (Å²) in [6.07, 6.45) is 1.43. The van der Waals surface area contributed by atoms with Crippen LogP contribution < -0.4 is 0 Å². The van der Waals surface area contributed by atoms with Crippen LogP contribution in [0, 0.1) is 0 Å². The first-order chi connectivity index (χ1) is 9.58. The van der Waals surface area contributed by atoms with E-state index in [9.17, 15) is 0 Å². The Morgan fingerprint density at radius 1 is 0.650 bits per heavy atom. The van der Waals surface area contributed by atoms with Gasteiger partial charge >= 0.3 is 7.32 Å². The summed E-state index contributed by atoms with van der Waals surface area (Å²) < 4.78 is 0. The summed E-state index contributed by atoms with van der Waals surface area (Å²) in [4.78, 5) is 15.1. The number of aliphatic hydroxyl groups excluding tert-OH is 3. The van der Waals surface area contributed by atoms with E-state index in [1.54, 1.807) is 0 Å². The molecule has 10 nitrogen and oxygen atoms in total. The van der Waals surface area contributed by atoms with Crippen molar-refractivity contribution in [1.29, 1.82) is 0 Å². The van der Waals surface area contributed by atoms with Gasteiger partial charge in [-0.2, -0.15) is 0 Å².